The normalized spacial score (nSPS) is 18.3. The molecule has 3 nitrogen and oxygen atoms in total. The lowest BCUT2D eigenvalue weighted by molar-refractivity contribution is -0.154. The van der Waals surface area contributed by atoms with Crippen LogP contribution in [-0.2, 0) is 10.2 Å². The molecule has 3 heteroatoms. The highest BCUT2D eigenvalue weighted by Gasteiger charge is 2.43. The summed E-state index contributed by atoms with van der Waals surface area (Å²) in [5, 5.41) is 9.38. The van der Waals surface area contributed by atoms with Crippen molar-refractivity contribution in [3.05, 3.63) is 29.8 Å². The number of carboxylic acid groups (broad SMARTS) is 1. The van der Waals surface area contributed by atoms with E-state index in [1.165, 1.54) is 5.56 Å². The minimum atomic E-state index is -1.01. The Morgan fingerprint density at radius 2 is 1.68 bits per heavy atom. The highest BCUT2D eigenvalue weighted by molar-refractivity contribution is 5.78. The maximum absolute atomic E-state index is 11.4. The van der Waals surface area contributed by atoms with Crippen LogP contribution in [0.4, 0.5) is 0 Å². The molecule has 0 atom stereocenters. The first-order valence-electron chi connectivity index (χ1n) is 6.86. The molecule has 1 saturated carbocycles. The van der Waals surface area contributed by atoms with Gasteiger partial charge in [-0.3, -0.25) is 0 Å². The Balaban J connectivity index is 2.17. The third kappa shape index (κ3) is 2.91. The second kappa shape index (κ2) is 4.87. The number of rotatable bonds is 3. The standard InChI is InChI=1S/C16H22O3/c1-15(2,3)12-6-8-13(9-7-12)19-16(14(17)18)10-4-5-11-16/h6-9H,4-5,10-11H2,1-3H3,(H,17,18). The van der Waals surface area contributed by atoms with E-state index in [0.29, 0.717) is 18.6 Å². The number of ether oxygens (including phenoxy) is 1. The molecule has 104 valence electrons. The van der Waals surface area contributed by atoms with Gasteiger partial charge in [0.1, 0.15) is 5.75 Å². The molecular weight excluding hydrogens is 240 g/mol. The van der Waals surface area contributed by atoms with Crippen LogP contribution in [0.2, 0.25) is 0 Å². The Morgan fingerprint density at radius 1 is 1.16 bits per heavy atom. The third-order valence-corrected chi connectivity index (χ3v) is 3.83. The molecule has 0 bridgehead atoms. The van der Waals surface area contributed by atoms with E-state index in [0.717, 1.165) is 12.8 Å². The van der Waals surface area contributed by atoms with Crippen LogP contribution >= 0.6 is 0 Å². The molecule has 0 aromatic heterocycles. The van der Waals surface area contributed by atoms with Crippen LogP contribution in [0.25, 0.3) is 0 Å². The van der Waals surface area contributed by atoms with E-state index in [4.69, 9.17) is 4.74 Å². The minimum absolute atomic E-state index is 0.0936. The number of aliphatic carboxylic acids is 1. The SMILES string of the molecule is CC(C)(C)c1ccc(OC2(C(=O)O)CCCC2)cc1. The zero-order valence-electron chi connectivity index (χ0n) is 11.9. The largest absolute Gasteiger partial charge is 0.478 e. The predicted molar refractivity (Wildman–Crippen MR) is 74.6 cm³/mol. The van der Waals surface area contributed by atoms with E-state index in [9.17, 15) is 9.90 Å². The molecule has 1 aliphatic carbocycles. The Bertz CT molecular complexity index is 448. The van der Waals surface area contributed by atoms with Crippen LogP contribution in [0.5, 0.6) is 5.75 Å². The van der Waals surface area contributed by atoms with Gasteiger partial charge in [-0.2, -0.15) is 0 Å². The molecule has 1 N–H and O–H groups in total. The summed E-state index contributed by atoms with van der Waals surface area (Å²) in [5.41, 5.74) is 0.301. The minimum Gasteiger partial charge on any atom is -0.478 e. The maximum atomic E-state index is 11.4. The van der Waals surface area contributed by atoms with Crippen LogP contribution in [0.1, 0.15) is 52.0 Å². The van der Waals surface area contributed by atoms with E-state index >= 15 is 0 Å². The topological polar surface area (TPSA) is 46.5 Å². The first-order chi connectivity index (χ1) is 8.83. The summed E-state index contributed by atoms with van der Waals surface area (Å²) in [4.78, 5) is 11.4. The van der Waals surface area contributed by atoms with Crippen LogP contribution < -0.4 is 4.74 Å². The molecule has 2 rings (SSSR count). The summed E-state index contributed by atoms with van der Waals surface area (Å²) < 4.78 is 5.79. The van der Waals surface area contributed by atoms with Crippen molar-refractivity contribution in [3.63, 3.8) is 0 Å². The molecule has 19 heavy (non-hydrogen) atoms. The van der Waals surface area contributed by atoms with Crippen LogP contribution in [0.15, 0.2) is 24.3 Å². The third-order valence-electron chi connectivity index (χ3n) is 3.83. The highest BCUT2D eigenvalue weighted by Crippen LogP contribution is 2.35. The van der Waals surface area contributed by atoms with Gasteiger partial charge >= 0.3 is 5.97 Å². The molecule has 0 spiro atoms. The molecule has 0 aliphatic heterocycles. The second-order valence-corrected chi connectivity index (χ2v) is 6.38. The van der Waals surface area contributed by atoms with Crippen LogP contribution in [0, 0.1) is 0 Å². The Hall–Kier alpha value is -1.51. The molecule has 1 fully saturated rings. The average Bonchev–Trinajstić information content (AvgIpc) is 2.78. The lowest BCUT2D eigenvalue weighted by Crippen LogP contribution is -2.41. The summed E-state index contributed by atoms with van der Waals surface area (Å²) in [5.74, 6) is -0.192. The van der Waals surface area contributed by atoms with Crippen molar-refractivity contribution in [2.45, 2.75) is 57.5 Å². The Kier molecular flexibility index (Phi) is 3.57. The quantitative estimate of drug-likeness (QED) is 0.902. The lowest BCUT2D eigenvalue weighted by Gasteiger charge is -2.26. The van der Waals surface area contributed by atoms with Crippen molar-refractivity contribution in [3.8, 4) is 5.75 Å². The van der Waals surface area contributed by atoms with Crippen molar-refractivity contribution in [2.75, 3.05) is 0 Å². The second-order valence-electron chi connectivity index (χ2n) is 6.38. The van der Waals surface area contributed by atoms with Gasteiger partial charge in [0.05, 0.1) is 0 Å². The fraction of sp³-hybridized carbons (Fsp3) is 0.562. The fourth-order valence-corrected chi connectivity index (χ4v) is 2.55. The summed E-state index contributed by atoms with van der Waals surface area (Å²) in [6, 6.07) is 7.78. The van der Waals surface area contributed by atoms with Gasteiger partial charge in [0, 0.05) is 0 Å². The molecule has 0 unspecified atom stereocenters. The fourth-order valence-electron chi connectivity index (χ4n) is 2.55. The van der Waals surface area contributed by atoms with E-state index in [1.54, 1.807) is 0 Å². The molecule has 1 aromatic carbocycles. The van der Waals surface area contributed by atoms with Gasteiger partial charge in [0.2, 0.25) is 5.60 Å². The van der Waals surface area contributed by atoms with E-state index in [1.807, 2.05) is 24.3 Å². The van der Waals surface area contributed by atoms with Crippen LogP contribution in [-0.4, -0.2) is 16.7 Å². The van der Waals surface area contributed by atoms with Gasteiger partial charge in [-0.1, -0.05) is 32.9 Å². The lowest BCUT2D eigenvalue weighted by atomic mass is 9.87. The number of carbonyl (C=O) groups is 1. The number of hydrogen-bond donors (Lipinski definition) is 1. The summed E-state index contributed by atoms with van der Waals surface area (Å²) in [6.45, 7) is 6.45. The smallest absolute Gasteiger partial charge is 0.348 e. The Morgan fingerprint density at radius 3 is 2.11 bits per heavy atom. The number of hydrogen-bond acceptors (Lipinski definition) is 2. The first kappa shape index (κ1) is 13.9. The van der Waals surface area contributed by atoms with Gasteiger partial charge < -0.3 is 9.84 Å². The van der Waals surface area contributed by atoms with Crippen molar-refractivity contribution < 1.29 is 14.6 Å². The molecule has 0 saturated heterocycles. The van der Waals surface area contributed by atoms with Crippen molar-refractivity contribution in [1.29, 1.82) is 0 Å². The van der Waals surface area contributed by atoms with E-state index in [-0.39, 0.29) is 5.41 Å². The maximum Gasteiger partial charge on any atom is 0.348 e. The van der Waals surface area contributed by atoms with Crippen molar-refractivity contribution >= 4 is 5.97 Å². The number of carboxylic acids is 1. The molecule has 0 amide bonds. The van der Waals surface area contributed by atoms with Crippen molar-refractivity contribution in [1.82, 2.24) is 0 Å². The van der Waals surface area contributed by atoms with E-state index in [2.05, 4.69) is 20.8 Å². The Labute approximate surface area is 114 Å². The monoisotopic (exact) mass is 262 g/mol. The zero-order chi connectivity index (χ0) is 14.1. The molecule has 1 aliphatic rings. The molecular formula is C16H22O3. The van der Waals surface area contributed by atoms with Gasteiger partial charge in [-0.15, -0.1) is 0 Å². The summed E-state index contributed by atoms with van der Waals surface area (Å²) in [6.07, 6.45) is 3.05. The highest BCUT2D eigenvalue weighted by atomic mass is 16.5. The number of benzene rings is 1. The van der Waals surface area contributed by atoms with Gasteiger partial charge in [0.25, 0.3) is 0 Å². The summed E-state index contributed by atoms with van der Waals surface area (Å²) >= 11 is 0. The molecule has 1 aromatic rings. The molecule has 0 radical (unpaired) electrons. The van der Waals surface area contributed by atoms with E-state index < -0.39 is 11.6 Å². The first-order valence-corrected chi connectivity index (χ1v) is 6.86. The molecule has 0 heterocycles. The summed E-state index contributed by atoms with van der Waals surface area (Å²) in [7, 11) is 0. The van der Waals surface area contributed by atoms with Gasteiger partial charge in [0.15, 0.2) is 0 Å². The van der Waals surface area contributed by atoms with Gasteiger partial charge in [-0.05, 0) is 48.8 Å². The average molecular weight is 262 g/mol. The van der Waals surface area contributed by atoms with Crippen LogP contribution in [0.3, 0.4) is 0 Å². The zero-order valence-corrected chi connectivity index (χ0v) is 11.9. The van der Waals surface area contributed by atoms with Crippen molar-refractivity contribution in [2.24, 2.45) is 0 Å². The van der Waals surface area contributed by atoms with Gasteiger partial charge in [-0.25, -0.2) is 4.79 Å². The predicted octanol–water partition coefficient (Wildman–Crippen LogP) is 3.76.